The van der Waals surface area contributed by atoms with E-state index in [0.717, 1.165) is 24.6 Å². The zero-order valence-electron chi connectivity index (χ0n) is 10.0. The molecule has 0 aliphatic rings. The predicted molar refractivity (Wildman–Crippen MR) is 65.4 cm³/mol. The summed E-state index contributed by atoms with van der Waals surface area (Å²) in [7, 11) is 0.389. The Kier molecular flexibility index (Phi) is 5.71. The molecule has 2 unspecified atom stereocenters. The molecule has 1 aromatic carbocycles. The molecule has 1 aromatic rings. The predicted octanol–water partition coefficient (Wildman–Crippen LogP) is 2.46. The first-order chi connectivity index (χ1) is 8.04. The number of rotatable bonds is 6. The molecule has 1 N–H and O–H groups in total. The Hall–Kier alpha value is -0.810. The Morgan fingerprint density at radius 1 is 1.41 bits per heavy atom. The van der Waals surface area contributed by atoms with Gasteiger partial charge in [-0.25, -0.2) is 8.78 Å². The van der Waals surface area contributed by atoms with Crippen LogP contribution >= 0.6 is 0 Å². The number of hydrogen-bond donors (Lipinski definition) is 1. The number of halogens is 2. The molecule has 0 radical (unpaired) electrons. The maximum atomic E-state index is 13.3. The second kappa shape index (κ2) is 6.81. The summed E-state index contributed by atoms with van der Waals surface area (Å²) in [5.74, 6) is -0.809. The molecule has 17 heavy (non-hydrogen) atoms. The third-order valence-electron chi connectivity index (χ3n) is 2.60. The lowest BCUT2D eigenvalue weighted by Crippen LogP contribution is -2.21. The van der Waals surface area contributed by atoms with Crippen molar-refractivity contribution in [3.05, 3.63) is 29.8 Å². The van der Waals surface area contributed by atoms with Gasteiger partial charge in [-0.1, -0.05) is 0 Å². The average Bonchev–Trinajstić information content (AvgIpc) is 2.31. The molecule has 0 aliphatic carbocycles. The molecule has 0 aliphatic heterocycles. The molecule has 0 aromatic heterocycles. The van der Waals surface area contributed by atoms with Gasteiger partial charge >= 0.3 is 0 Å². The van der Waals surface area contributed by atoms with E-state index in [0.29, 0.717) is 18.2 Å². The molecule has 0 fully saturated rings. The molecule has 1 rings (SSSR count). The minimum atomic E-state index is -1.47. The van der Waals surface area contributed by atoms with Gasteiger partial charge in [0.15, 0.2) is 0 Å². The quantitative estimate of drug-likeness (QED) is 0.852. The first-order valence-corrected chi connectivity index (χ1v) is 6.87. The lowest BCUT2D eigenvalue weighted by atomic mass is 10.2. The summed E-state index contributed by atoms with van der Waals surface area (Å²) < 4.78 is 38.0. The summed E-state index contributed by atoms with van der Waals surface area (Å²) >= 11 is 0. The normalized spacial score (nSPS) is 14.6. The Bertz CT molecular complexity index is 398. The van der Waals surface area contributed by atoms with Crippen LogP contribution in [0.5, 0.6) is 0 Å². The van der Waals surface area contributed by atoms with Crippen molar-refractivity contribution in [2.45, 2.75) is 30.7 Å². The van der Waals surface area contributed by atoms with E-state index >= 15 is 0 Å². The first kappa shape index (κ1) is 14.3. The fourth-order valence-electron chi connectivity index (χ4n) is 1.43. The first-order valence-electron chi connectivity index (χ1n) is 5.55. The molecule has 0 spiro atoms. The van der Waals surface area contributed by atoms with E-state index in [1.807, 2.05) is 14.0 Å². The molecule has 2 atom stereocenters. The third kappa shape index (κ3) is 4.52. The second-order valence-electron chi connectivity index (χ2n) is 3.96. The van der Waals surface area contributed by atoms with Gasteiger partial charge in [-0.15, -0.1) is 0 Å². The van der Waals surface area contributed by atoms with Crippen molar-refractivity contribution in [1.29, 1.82) is 0 Å². The maximum absolute atomic E-state index is 13.3. The lowest BCUT2D eigenvalue weighted by molar-refractivity contribution is 0.554. The molecular weight excluding hydrogens is 244 g/mol. The highest BCUT2D eigenvalue weighted by molar-refractivity contribution is 7.85. The summed E-state index contributed by atoms with van der Waals surface area (Å²) in [6, 6.07) is 3.38. The minimum absolute atomic E-state index is 0.0397. The SMILES string of the molecule is CNC(C)CCCS(=O)c1cc(F)ccc1F. The highest BCUT2D eigenvalue weighted by Crippen LogP contribution is 2.15. The summed E-state index contributed by atoms with van der Waals surface area (Å²) in [5, 5.41) is 3.07. The van der Waals surface area contributed by atoms with Crippen molar-refractivity contribution in [2.75, 3.05) is 12.8 Å². The van der Waals surface area contributed by atoms with Crippen molar-refractivity contribution in [3.8, 4) is 0 Å². The van der Waals surface area contributed by atoms with Gasteiger partial charge in [0.2, 0.25) is 0 Å². The molecule has 0 heterocycles. The summed E-state index contributed by atoms with van der Waals surface area (Å²) in [6.07, 6.45) is 1.57. The molecule has 0 bridgehead atoms. The molecular formula is C12H17F2NOS. The van der Waals surface area contributed by atoms with Crippen LogP contribution in [0.2, 0.25) is 0 Å². The number of hydrogen-bond acceptors (Lipinski definition) is 2. The van der Waals surface area contributed by atoms with Crippen LogP contribution in [0.4, 0.5) is 8.78 Å². The van der Waals surface area contributed by atoms with Crippen LogP contribution in [0.15, 0.2) is 23.1 Å². The number of benzene rings is 1. The Morgan fingerprint density at radius 2 is 2.12 bits per heavy atom. The zero-order valence-corrected chi connectivity index (χ0v) is 10.8. The van der Waals surface area contributed by atoms with Gasteiger partial charge in [-0.2, -0.15) is 0 Å². The molecule has 0 saturated carbocycles. The fourth-order valence-corrected chi connectivity index (χ4v) is 2.60. The van der Waals surface area contributed by atoms with E-state index < -0.39 is 22.4 Å². The van der Waals surface area contributed by atoms with Crippen molar-refractivity contribution in [1.82, 2.24) is 5.32 Å². The van der Waals surface area contributed by atoms with Gasteiger partial charge in [0.1, 0.15) is 11.6 Å². The standard InChI is InChI=1S/C12H17F2NOS/c1-9(15-2)4-3-7-17(16)12-8-10(13)5-6-11(12)14/h5-6,8-9,15H,3-4,7H2,1-2H3. The topological polar surface area (TPSA) is 29.1 Å². The second-order valence-corrected chi connectivity index (χ2v) is 5.50. The van der Waals surface area contributed by atoms with Gasteiger partial charge in [0.05, 0.1) is 15.7 Å². The smallest absolute Gasteiger partial charge is 0.139 e. The van der Waals surface area contributed by atoms with Crippen LogP contribution in [0.3, 0.4) is 0 Å². The number of nitrogens with one attached hydrogen (secondary N) is 1. The fraction of sp³-hybridized carbons (Fsp3) is 0.500. The van der Waals surface area contributed by atoms with Crippen LogP contribution < -0.4 is 5.32 Å². The van der Waals surface area contributed by atoms with Gasteiger partial charge in [-0.3, -0.25) is 4.21 Å². The highest BCUT2D eigenvalue weighted by atomic mass is 32.2. The average molecular weight is 261 g/mol. The monoisotopic (exact) mass is 261 g/mol. The van der Waals surface area contributed by atoms with Crippen molar-refractivity contribution in [3.63, 3.8) is 0 Å². The molecule has 2 nitrogen and oxygen atoms in total. The van der Waals surface area contributed by atoms with Gasteiger partial charge in [-0.05, 0) is 45.0 Å². The van der Waals surface area contributed by atoms with Crippen LogP contribution in [0, 0.1) is 11.6 Å². The third-order valence-corrected chi connectivity index (χ3v) is 4.06. The summed E-state index contributed by atoms with van der Waals surface area (Å²) in [4.78, 5) is -0.0397. The van der Waals surface area contributed by atoms with Gasteiger partial charge in [0, 0.05) is 11.8 Å². The lowest BCUT2D eigenvalue weighted by Gasteiger charge is -2.09. The largest absolute Gasteiger partial charge is 0.317 e. The van der Waals surface area contributed by atoms with Crippen molar-refractivity contribution >= 4 is 10.8 Å². The molecule has 0 saturated heterocycles. The van der Waals surface area contributed by atoms with Crippen LogP contribution in [0.25, 0.3) is 0 Å². The minimum Gasteiger partial charge on any atom is -0.317 e. The van der Waals surface area contributed by atoms with E-state index in [-0.39, 0.29) is 4.90 Å². The van der Waals surface area contributed by atoms with Gasteiger partial charge < -0.3 is 5.32 Å². The van der Waals surface area contributed by atoms with E-state index in [9.17, 15) is 13.0 Å². The zero-order chi connectivity index (χ0) is 12.8. The van der Waals surface area contributed by atoms with E-state index in [1.165, 1.54) is 0 Å². The van der Waals surface area contributed by atoms with Crippen molar-refractivity contribution < 1.29 is 13.0 Å². The van der Waals surface area contributed by atoms with E-state index in [4.69, 9.17) is 0 Å². The molecule has 96 valence electrons. The van der Waals surface area contributed by atoms with Crippen LogP contribution in [-0.4, -0.2) is 23.1 Å². The Labute approximate surface area is 103 Å². The van der Waals surface area contributed by atoms with Gasteiger partial charge in [0.25, 0.3) is 0 Å². The van der Waals surface area contributed by atoms with Crippen LogP contribution in [-0.2, 0) is 10.8 Å². The Balaban J connectivity index is 2.55. The molecule has 0 amide bonds. The Morgan fingerprint density at radius 3 is 2.76 bits per heavy atom. The van der Waals surface area contributed by atoms with E-state index in [1.54, 1.807) is 0 Å². The van der Waals surface area contributed by atoms with Crippen molar-refractivity contribution in [2.24, 2.45) is 0 Å². The molecule has 5 heteroatoms. The summed E-state index contributed by atoms with van der Waals surface area (Å²) in [6.45, 7) is 2.02. The summed E-state index contributed by atoms with van der Waals surface area (Å²) in [5.41, 5.74) is 0. The highest BCUT2D eigenvalue weighted by Gasteiger charge is 2.11. The maximum Gasteiger partial charge on any atom is 0.139 e. The van der Waals surface area contributed by atoms with E-state index in [2.05, 4.69) is 5.32 Å². The van der Waals surface area contributed by atoms with Crippen LogP contribution in [0.1, 0.15) is 19.8 Å².